The summed E-state index contributed by atoms with van der Waals surface area (Å²) in [5.41, 5.74) is 3.21. The molecule has 0 saturated carbocycles. The van der Waals surface area contributed by atoms with Gasteiger partial charge in [-0.05, 0) is 25.0 Å². The maximum Gasteiger partial charge on any atom is 0.163 e. The fourth-order valence-electron chi connectivity index (χ4n) is 1.49. The van der Waals surface area contributed by atoms with Crippen LogP contribution in [0.5, 0.6) is 11.5 Å². The highest BCUT2D eigenvalue weighted by Gasteiger charge is 2.11. The van der Waals surface area contributed by atoms with Crippen LogP contribution in [0, 0.1) is 0 Å². The van der Waals surface area contributed by atoms with Crippen molar-refractivity contribution in [2.45, 2.75) is 19.4 Å². The summed E-state index contributed by atoms with van der Waals surface area (Å²) in [7, 11) is 3.22. The minimum atomic E-state index is -0.0222. The predicted octanol–water partition coefficient (Wildman–Crippen LogP) is 1.61. The van der Waals surface area contributed by atoms with Crippen LogP contribution in [0.25, 0.3) is 0 Å². The van der Waals surface area contributed by atoms with Crippen molar-refractivity contribution in [3.05, 3.63) is 23.8 Å². The van der Waals surface area contributed by atoms with Crippen molar-refractivity contribution in [1.82, 2.24) is 5.48 Å². The first-order valence-corrected chi connectivity index (χ1v) is 4.82. The summed E-state index contributed by atoms with van der Waals surface area (Å²) >= 11 is 0. The summed E-state index contributed by atoms with van der Waals surface area (Å²) < 4.78 is 10.5. The van der Waals surface area contributed by atoms with E-state index >= 15 is 0 Å². The summed E-state index contributed by atoms with van der Waals surface area (Å²) in [4.78, 5) is 0. The van der Waals surface area contributed by atoms with Crippen molar-refractivity contribution in [3.8, 4) is 11.5 Å². The molecule has 1 aromatic carbocycles. The number of rotatable bonds is 5. The molecule has 1 aromatic rings. The van der Waals surface area contributed by atoms with Gasteiger partial charge in [0.2, 0.25) is 0 Å². The monoisotopic (exact) mass is 211 g/mol. The first-order valence-electron chi connectivity index (χ1n) is 4.82. The molecule has 0 heterocycles. The predicted molar refractivity (Wildman–Crippen MR) is 57.6 cm³/mol. The summed E-state index contributed by atoms with van der Waals surface area (Å²) in [6.45, 7) is 1.89. The fraction of sp³-hybridized carbons (Fsp3) is 0.455. The van der Waals surface area contributed by atoms with Crippen LogP contribution in [0.3, 0.4) is 0 Å². The number of hydrogen-bond acceptors (Lipinski definition) is 4. The molecule has 0 fully saturated rings. The average Bonchev–Trinajstić information content (AvgIpc) is 2.28. The van der Waals surface area contributed by atoms with Crippen LogP contribution in [0.4, 0.5) is 0 Å². The van der Waals surface area contributed by atoms with Crippen LogP contribution in [0.15, 0.2) is 18.2 Å². The van der Waals surface area contributed by atoms with Crippen molar-refractivity contribution >= 4 is 0 Å². The summed E-state index contributed by atoms with van der Waals surface area (Å²) in [6, 6.07) is 5.68. The fourth-order valence-corrected chi connectivity index (χ4v) is 1.49. The largest absolute Gasteiger partial charge is 0.493 e. The molecular formula is C11H17NO3. The summed E-state index contributed by atoms with van der Waals surface area (Å²) in [5.74, 6) is 1.43. The van der Waals surface area contributed by atoms with Crippen LogP contribution in [-0.2, 0) is 6.42 Å². The molecule has 4 nitrogen and oxygen atoms in total. The second-order valence-electron chi connectivity index (χ2n) is 3.39. The zero-order valence-electron chi connectivity index (χ0n) is 9.28. The van der Waals surface area contributed by atoms with Gasteiger partial charge in [0, 0.05) is 6.04 Å². The molecule has 0 radical (unpaired) electrons. The molecule has 0 aromatic heterocycles. The lowest BCUT2D eigenvalue weighted by molar-refractivity contribution is 0.132. The average molecular weight is 211 g/mol. The molecule has 0 aliphatic carbocycles. The second-order valence-corrected chi connectivity index (χ2v) is 3.39. The van der Waals surface area contributed by atoms with Gasteiger partial charge in [-0.25, -0.2) is 5.48 Å². The zero-order chi connectivity index (χ0) is 11.3. The molecule has 1 rings (SSSR count). The zero-order valence-corrected chi connectivity index (χ0v) is 9.28. The molecule has 15 heavy (non-hydrogen) atoms. The van der Waals surface area contributed by atoms with E-state index in [1.165, 1.54) is 0 Å². The second kappa shape index (κ2) is 5.58. The lowest BCUT2D eigenvalue weighted by Crippen LogP contribution is -2.24. The molecule has 0 aliphatic heterocycles. The molecule has 0 bridgehead atoms. The maximum atomic E-state index is 8.76. The third-order valence-corrected chi connectivity index (χ3v) is 2.23. The molecule has 0 aliphatic rings. The van der Waals surface area contributed by atoms with E-state index in [9.17, 15) is 0 Å². The van der Waals surface area contributed by atoms with Crippen LogP contribution in [0.2, 0.25) is 0 Å². The number of nitrogens with one attached hydrogen (secondary N) is 1. The first-order chi connectivity index (χ1) is 7.22. The van der Waals surface area contributed by atoms with Gasteiger partial charge in [-0.2, -0.15) is 0 Å². The first kappa shape index (κ1) is 11.8. The Morgan fingerprint density at radius 2 is 2.07 bits per heavy atom. The van der Waals surface area contributed by atoms with Gasteiger partial charge in [0.25, 0.3) is 0 Å². The molecule has 0 unspecified atom stereocenters. The topological polar surface area (TPSA) is 50.7 Å². The van der Waals surface area contributed by atoms with E-state index in [1.807, 2.05) is 25.1 Å². The Hall–Kier alpha value is -1.26. The summed E-state index contributed by atoms with van der Waals surface area (Å²) in [5, 5.41) is 8.76. The lowest BCUT2D eigenvalue weighted by atomic mass is 10.1. The molecule has 4 heteroatoms. The Bertz CT molecular complexity index is 315. The van der Waals surface area contributed by atoms with E-state index < -0.39 is 0 Å². The Morgan fingerprint density at radius 3 is 2.60 bits per heavy atom. The molecule has 0 amide bonds. The number of benzene rings is 1. The van der Waals surface area contributed by atoms with E-state index in [0.717, 1.165) is 11.3 Å². The summed E-state index contributed by atoms with van der Waals surface area (Å²) in [6.07, 6.45) is 0.677. The Kier molecular flexibility index (Phi) is 4.39. The number of para-hydroxylation sites is 1. The number of hydrogen-bond donors (Lipinski definition) is 2. The highest BCUT2D eigenvalue weighted by molar-refractivity contribution is 5.46. The quantitative estimate of drug-likeness (QED) is 0.726. The van der Waals surface area contributed by atoms with Gasteiger partial charge in [-0.1, -0.05) is 12.1 Å². The van der Waals surface area contributed by atoms with Crippen LogP contribution >= 0.6 is 0 Å². The van der Waals surface area contributed by atoms with Gasteiger partial charge < -0.3 is 14.7 Å². The molecular weight excluding hydrogens is 194 g/mol. The van der Waals surface area contributed by atoms with E-state index in [1.54, 1.807) is 14.2 Å². The third kappa shape index (κ3) is 2.84. The van der Waals surface area contributed by atoms with E-state index in [-0.39, 0.29) is 6.04 Å². The van der Waals surface area contributed by atoms with Gasteiger partial charge in [0.15, 0.2) is 11.5 Å². The van der Waals surface area contributed by atoms with Gasteiger partial charge in [-0.3, -0.25) is 0 Å². The van der Waals surface area contributed by atoms with Crippen molar-refractivity contribution < 1.29 is 14.7 Å². The standard InChI is InChI=1S/C11H17NO3/c1-8(12-13)7-9-5-4-6-10(14-2)11(9)15-3/h4-6,8,12-13H,7H2,1-3H3/t8-/m0/s1. The maximum absolute atomic E-state index is 8.76. The van der Waals surface area contributed by atoms with Crippen LogP contribution in [0.1, 0.15) is 12.5 Å². The molecule has 2 N–H and O–H groups in total. The molecule has 1 atom stereocenters. The third-order valence-electron chi connectivity index (χ3n) is 2.23. The van der Waals surface area contributed by atoms with Gasteiger partial charge in [0.05, 0.1) is 14.2 Å². The lowest BCUT2D eigenvalue weighted by Gasteiger charge is -2.14. The minimum absolute atomic E-state index is 0.0222. The number of ether oxygens (including phenoxy) is 2. The Labute approximate surface area is 89.8 Å². The van der Waals surface area contributed by atoms with Crippen LogP contribution < -0.4 is 15.0 Å². The Morgan fingerprint density at radius 1 is 1.33 bits per heavy atom. The van der Waals surface area contributed by atoms with E-state index in [4.69, 9.17) is 14.7 Å². The highest BCUT2D eigenvalue weighted by Crippen LogP contribution is 2.31. The van der Waals surface area contributed by atoms with Crippen LogP contribution in [-0.4, -0.2) is 25.5 Å². The highest BCUT2D eigenvalue weighted by atomic mass is 16.5. The van der Waals surface area contributed by atoms with Crippen molar-refractivity contribution in [1.29, 1.82) is 0 Å². The van der Waals surface area contributed by atoms with Gasteiger partial charge >= 0.3 is 0 Å². The smallest absolute Gasteiger partial charge is 0.163 e. The van der Waals surface area contributed by atoms with E-state index in [0.29, 0.717) is 12.2 Å². The molecule has 84 valence electrons. The van der Waals surface area contributed by atoms with Gasteiger partial charge in [-0.15, -0.1) is 0 Å². The molecule has 0 spiro atoms. The van der Waals surface area contributed by atoms with E-state index in [2.05, 4.69) is 5.48 Å². The van der Waals surface area contributed by atoms with Gasteiger partial charge in [0.1, 0.15) is 0 Å². The Balaban J connectivity index is 2.95. The normalized spacial score (nSPS) is 12.3. The van der Waals surface area contributed by atoms with Crippen molar-refractivity contribution in [2.24, 2.45) is 0 Å². The SMILES string of the molecule is COc1cccc(C[C@H](C)NO)c1OC. The number of hydroxylamine groups is 1. The number of methoxy groups -OCH3 is 2. The molecule has 0 saturated heterocycles. The van der Waals surface area contributed by atoms with Crippen molar-refractivity contribution in [3.63, 3.8) is 0 Å². The van der Waals surface area contributed by atoms with Crippen molar-refractivity contribution in [2.75, 3.05) is 14.2 Å². The minimum Gasteiger partial charge on any atom is -0.493 e.